The molecule has 23 heavy (non-hydrogen) atoms. The summed E-state index contributed by atoms with van der Waals surface area (Å²) in [5.41, 5.74) is 1.75. The summed E-state index contributed by atoms with van der Waals surface area (Å²) in [6.45, 7) is -0.399. The molecule has 2 aromatic rings. The summed E-state index contributed by atoms with van der Waals surface area (Å²) in [6, 6.07) is 12.6. The van der Waals surface area contributed by atoms with E-state index in [2.05, 4.69) is 26.0 Å². The molecule has 1 unspecified atom stereocenters. The Labute approximate surface area is 142 Å². The van der Waals surface area contributed by atoms with Gasteiger partial charge in [0.2, 0.25) is 0 Å². The standard InChI is InChI=1S/C17H18BrF2NO2/c1-11(12-7-8-16(22-2)14(18)9-12)21-10-13-5-3-4-6-15(13)23-17(19)20/h3-9,11,17,21H,10H2,1-2H3. The first-order valence-electron chi connectivity index (χ1n) is 7.10. The summed E-state index contributed by atoms with van der Waals surface area (Å²) < 4.78 is 35.5. The van der Waals surface area contributed by atoms with Gasteiger partial charge in [0, 0.05) is 18.2 Å². The Morgan fingerprint density at radius 2 is 1.87 bits per heavy atom. The molecule has 1 atom stereocenters. The number of hydrogen-bond donors (Lipinski definition) is 1. The molecule has 0 fully saturated rings. The molecule has 0 saturated heterocycles. The number of nitrogens with one attached hydrogen (secondary N) is 1. The van der Waals surface area contributed by atoms with Crippen LogP contribution in [0.5, 0.6) is 11.5 Å². The summed E-state index contributed by atoms with van der Waals surface area (Å²) in [6.07, 6.45) is 0. The van der Waals surface area contributed by atoms with E-state index in [1.807, 2.05) is 25.1 Å². The van der Waals surface area contributed by atoms with Crippen LogP contribution in [0.4, 0.5) is 8.78 Å². The van der Waals surface area contributed by atoms with Gasteiger partial charge in [-0.05, 0) is 46.6 Å². The van der Waals surface area contributed by atoms with Crippen molar-refractivity contribution in [3.8, 4) is 11.5 Å². The van der Waals surface area contributed by atoms with Gasteiger partial charge in [0.15, 0.2) is 0 Å². The second-order valence-electron chi connectivity index (χ2n) is 4.98. The van der Waals surface area contributed by atoms with Crippen molar-refractivity contribution in [2.45, 2.75) is 26.1 Å². The average Bonchev–Trinajstić information content (AvgIpc) is 2.53. The maximum atomic E-state index is 12.4. The Hall–Kier alpha value is -1.66. The predicted octanol–water partition coefficient (Wildman–Crippen LogP) is 4.91. The van der Waals surface area contributed by atoms with Crippen molar-refractivity contribution in [2.24, 2.45) is 0 Å². The molecule has 0 radical (unpaired) electrons. The van der Waals surface area contributed by atoms with Crippen LogP contribution in [-0.4, -0.2) is 13.7 Å². The predicted molar refractivity (Wildman–Crippen MR) is 89.0 cm³/mol. The Bertz CT molecular complexity index is 652. The van der Waals surface area contributed by atoms with E-state index < -0.39 is 6.61 Å². The lowest BCUT2D eigenvalue weighted by Gasteiger charge is -2.17. The average molecular weight is 386 g/mol. The highest BCUT2D eigenvalue weighted by atomic mass is 79.9. The van der Waals surface area contributed by atoms with Crippen LogP contribution in [0, 0.1) is 0 Å². The van der Waals surface area contributed by atoms with Crippen LogP contribution in [0.2, 0.25) is 0 Å². The smallest absolute Gasteiger partial charge is 0.387 e. The summed E-state index contributed by atoms with van der Waals surface area (Å²) in [4.78, 5) is 0. The third-order valence-electron chi connectivity index (χ3n) is 3.46. The molecule has 0 aliphatic heterocycles. The van der Waals surface area contributed by atoms with Crippen LogP contribution < -0.4 is 14.8 Å². The molecule has 0 amide bonds. The van der Waals surface area contributed by atoms with Gasteiger partial charge in [-0.3, -0.25) is 0 Å². The number of alkyl halides is 2. The van der Waals surface area contributed by atoms with Crippen molar-refractivity contribution < 1.29 is 18.3 Å². The largest absolute Gasteiger partial charge is 0.496 e. The van der Waals surface area contributed by atoms with Crippen molar-refractivity contribution in [1.29, 1.82) is 0 Å². The van der Waals surface area contributed by atoms with Gasteiger partial charge < -0.3 is 14.8 Å². The molecular weight excluding hydrogens is 368 g/mol. The van der Waals surface area contributed by atoms with E-state index in [9.17, 15) is 8.78 Å². The summed E-state index contributed by atoms with van der Waals surface area (Å²) in [5.74, 6) is 0.953. The third-order valence-corrected chi connectivity index (χ3v) is 4.08. The maximum Gasteiger partial charge on any atom is 0.387 e. The molecule has 0 aliphatic rings. The van der Waals surface area contributed by atoms with Crippen LogP contribution in [0.15, 0.2) is 46.9 Å². The lowest BCUT2D eigenvalue weighted by Crippen LogP contribution is -2.19. The fourth-order valence-electron chi connectivity index (χ4n) is 2.19. The van der Waals surface area contributed by atoms with E-state index in [-0.39, 0.29) is 11.8 Å². The lowest BCUT2D eigenvalue weighted by atomic mass is 10.1. The van der Waals surface area contributed by atoms with E-state index >= 15 is 0 Å². The number of benzene rings is 2. The number of methoxy groups -OCH3 is 1. The molecule has 1 N–H and O–H groups in total. The summed E-state index contributed by atoms with van der Waals surface area (Å²) in [7, 11) is 1.61. The Morgan fingerprint density at radius 1 is 1.13 bits per heavy atom. The fourth-order valence-corrected chi connectivity index (χ4v) is 2.75. The van der Waals surface area contributed by atoms with Crippen LogP contribution in [0.25, 0.3) is 0 Å². The molecule has 0 heterocycles. The summed E-state index contributed by atoms with van der Waals surface area (Å²) in [5, 5.41) is 3.31. The molecule has 0 saturated carbocycles. The minimum Gasteiger partial charge on any atom is -0.496 e. The van der Waals surface area contributed by atoms with Crippen LogP contribution >= 0.6 is 15.9 Å². The van der Waals surface area contributed by atoms with E-state index in [4.69, 9.17) is 4.74 Å². The molecule has 6 heteroatoms. The minimum absolute atomic E-state index is 0.0387. The Kier molecular flexibility index (Phi) is 6.36. The van der Waals surface area contributed by atoms with Crippen molar-refractivity contribution >= 4 is 15.9 Å². The molecule has 3 nitrogen and oxygen atoms in total. The number of halogens is 3. The van der Waals surface area contributed by atoms with Gasteiger partial charge in [0.25, 0.3) is 0 Å². The second-order valence-corrected chi connectivity index (χ2v) is 5.84. The zero-order chi connectivity index (χ0) is 16.8. The van der Waals surface area contributed by atoms with Gasteiger partial charge >= 0.3 is 6.61 Å². The first-order valence-corrected chi connectivity index (χ1v) is 7.90. The number of hydrogen-bond acceptors (Lipinski definition) is 3. The zero-order valence-corrected chi connectivity index (χ0v) is 14.4. The fraction of sp³-hybridized carbons (Fsp3) is 0.294. The van der Waals surface area contributed by atoms with Gasteiger partial charge in [-0.2, -0.15) is 8.78 Å². The molecule has 0 aromatic heterocycles. The monoisotopic (exact) mass is 385 g/mol. The van der Waals surface area contributed by atoms with Crippen molar-refractivity contribution in [3.63, 3.8) is 0 Å². The van der Waals surface area contributed by atoms with Crippen molar-refractivity contribution in [3.05, 3.63) is 58.1 Å². The molecular formula is C17H18BrF2NO2. The number of rotatable bonds is 7. The highest BCUT2D eigenvalue weighted by Gasteiger charge is 2.12. The first-order chi connectivity index (χ1) is 11.0. The van der Waals surface area contributed by atoms with Crippen molar-refractivity contribution in [1.82, 2.24) is 5.32 Å². The zero-order valence-electron chi connectivity index (χ0n) is 12.9. The second kappa shape index (κ2) is 8.26. The quantitative estimate of drug-likeness (QED) is 0.734. The topological polar surface area (TPSA) is 30.5 Å². The van der Waals surface area contributed by atoms with Gasteiger partial charge in [0.1, 0.15) is 11.5 Å². The highest BCUT2D eigenvalue weighted by molar-refractivity contribution is 9.10. The summed E-state index contributed by atoms with van der Waals surface area (Å²) >= 11 is 3.45. The van der Waals surface area contributed by atoms with E-state index in [0.717, 1.165) is 15.8 Å². The van der Waals surface area contributed by atoms with Gasteiger partial charge in [-0.15, -0.1) is 0 Å². The Balaban J connectivity index is 2.04. The normalized spacial score (nSPS) is 12.3. The van der Waals surface area contributed by atoms with Crippen LogP contribution in [0.3, 0.4) is 0 Å². The molecule has 2 aromatic carbocycles. The van der Waals surface area contributed by atoms with Crippen LogP contribution in [-0.2, 0) is 6.54 Å². The molecule has 0 spiro atoms. The van der Waals surface area contributed by atoms with Crippen molar-refractivity contribution in [2.75, 3.05) is 7.11 Å². The van der Waals surface area contributed by atoms with Crippen LogP contribution in [0.1, 0.15) is 24.1 Å². The number of ether oxygens (including phenoxy) is 2. The molecule has 0 aliphatic carbocycles. The van der Waals surface area contributed by atoms with Gasteiger partial charge in [-0.1, -0.05) is 24.3 Å². The van der Waals surface area contributed by atoms with E-state index in [0.29, 0.717) is 12.1 Å². The third kappa shape index (κ3) is 4.91. The minimum atomic E-state index is -2.83. The highest BCUT2D eigenvalue weighted by Crippen LogP contribution is 2.28. The van der Waals surface area contributed by atoms with E-state index in [1.165, 1.54) is 6.07 Å². The Morgan fingerprint density at radius 3 is 2.52 bits per heavy atom. The maximum absolute atomic E-state index is 12.4. The SMILES string of the molecule is COc1ccc(C(C)NCc2ccccc2OC(F)F)cc1Br. The number of para-hydroxylation sites is 1. The first kappa shape index (κ1) is 17.7. The van der Waals surface area contributed by atoms with Gasteiger partial charge in [-0.25, -0.2) is 0 Å². The molecule has 0 bridgehead atoms. The lowest BCUT2D eigenvalue weighted by molar-refractivity contribution is -0.0505. The molecule has 124 valence electrons. The van der Waals surface area contributed by atoms with E-state index in [1.54, 1.807) is 25.3 Å². The van der Waals surface area contributed by atoms with Gasteiger partial charge in [0.05, 0.1) is 11.6 Å². The molecule has 2 rings (SSSR count).